The van der Waals surface area contributed by atoms with Gasteiger partial charge in [0.15, 0.2) is 0 Å². The molecule has 0 aliphatic carbocycles. The maximum absolute atomic E-state index is 13.1. The minimum atomic E-state index is -4.01. The average Bonchev–Trinajstić information content (AvgIpc) is 2.72. The second-order valence-corrected chi connectivity index (χ2v) is 9.19. The fourth-order valence-corrected chi connectivity index (χ4v) is 4.88. The van der Waals surface area contributed by atoms with Crippen molar-refractivity contribution in [3.63, 3.8) is 0 Å². The van der Waals surface area contributed by atoms with E-state index < -0.39 is 27.6 Å². The van der Waals surface area contributed by atoms with E-state index in [0.29, 0.717) is 12.4 Å². The van der Waals surface area contributed by atoms with Crippen LogP contribution in [0.3, 0.4) is 0 Å². The number of carbonyl (C=O) groups is 1. The Labute approximate surface area is 169 Å². The summed E-state index contributed by atoms with van der Waals surface area (Å²) in [4.78, 5) is 12.0. The van der Waals surface area contributed by atoms with Crippen LogP contribution in [0.1, 0.15) is 25.3 Å². The number of ether oxygens (including phenoxy) is 1. The molecule has 1 aliphatic heterocycles. The van der Waals surface area contributed by atoms with E-state index in [9.17, 15) is 18.3 Å². The molecule has 1 aliphatic rings. The van der Waals surface area contributed by atoms with Crippen LogP contribution in [-0.2, 0) is 21.4 Å². The number of hydroxylamine groups is 1. The van der Waals surface area contributed by atoms with Gasteiger partial charge in [-0.05, 0) is 43.2 Å². The Morgan fingerprint density at radius 2 is 1.86 bits per heavy atom. The molecule has 2 unspecified atom stereocenters. The fraction of sp³-hybridized carbons (Fsp3) is 0.350. The van der Waals surface area contributed by atoms with Crippen LogP contribution in [0.2, 0.25) is 0 Å². The molecule has 9 heteroatoms. The van der Waals surface area contributed by atoms with E-state index in [-0.39, 0.29) is 24.3 Å². The maximum Gasteiger partial charge on any atom is 0.261 e. The van der Waals surface area contributed by atoms with Gasteiger partial charge >= 0.3 is 0 Å². The van der Waals surface area contributed by atoms with Crippen molar-refractivity contribution in [3.8, 4) is 5.75 Å². The lowest BCUT2D eigenvalue weighted by Gasteiger charge is -2.40. The summed E-state index contributed by atoms with van der Waals surface area (Å²) < 4.78 is 32.8. The number of benzene rings is 2. The SMILES string of the molecule is CC1(O)CCN(S(=O)(=O)c2ccc(OCc3ccccc3)cc2)C(C(=O)NO)C1. The van der Waals surface area contributed by atoms with Gasteiger partial charge in [0, 0.05) is 13.0 Å². The highest BCUT2D eigenvalue weighted by atomic mass is 32.2. The number of sulfonamides is 1. The number of rotatable bonds is 6. The lowest BCUT2D eigenvalue weighted by molar-refractivity contribution is -0.137. The molecule has 8 nitrogen and oxygen atoms in total. The van der Waals surface area contributed by atoms with E-state index in [0.717, 1.165) is 9.87 Å². The van der Waals surface area contributed by atoms with Crippen molar-refractivity contribution in [1.82, 2.24) is 9.79 Å². The van der Waals surface area contributed by atoms with Crippen molar-refractivity contribution in [1.29, 1.82) is 0 Å². The summed E-state index contributed by atoms with van der Waals surface area (Å²) in [6.07, 6.45) is 0.0661. The molecule has 2 atom stereocenters. The van der Waals surface area contributed by atoms with Crippen LogP contribution >= 0.6 is 0 Å². The number of hydrogen-bond acceptors (Lipinski definition) is 6. The van der Waals surface area contributed by atoms with Gasteiger partial charge in [-0.3, -0.25) is 10.0 Å². The zero-order chi connectivity index (χ0) is 21.1. The second-order valence-electron chi connectivity index (χ2n) is 7.30. The summed E-state index contributed by atoms with van der Waals surface area (Å²) in [5, 5.41) is 19.2. The Morgan fingerprint density at radius 3 is 2.48 bits per heavy atom. The smallest absolute Gasteiger partial charge is 0.261 e. The van der Waals surface area contributed by atoms with Gasteiger partial charge in [-0.25, -0.2) is 13.9 Å². The van der Waals surface area contributed by atoms with E-state index in [1.807, 2.05) is 30.3 Å². The second kappa shape index (κ2) is 8.50. The van der Waals surface area contributed by atoms with Crippen molar-refractivity contribution < 1.29 is 28.3 Å². The number of amides is 1. The first-order valence-electron chi connectivity index (χ1n) is 9.18. The molecule has 0 spiro atoms. The standard InChI is InChI=1S/C20H24N2O6S/c1-20(24)11-12-22(18(13-20)19(23)21-25)29(26,27)17-9-7-16(8-10-17)28-14-15-5-3-2-4-6-15/h2-10,18,24-25H,11-14H2,1H3,(H,21,23). The Hall–Kier alpha value is -2.46. The number of aliphatic hydroxyl groups is 1. The molecule has 1 heterocycles. The van der Waals surface area contributed by atoms with Crippen LogP contribution in [0.5, 0.6) is 5.75 Å². The highest BCUT2D eigenvalue weighted by Crippen LogP contribution is 2.31. The molecule has 2 aromatic rings. The first-order valence-corrected chi connectivity index (χ1v) is 10.6. The zero-order valence-corrected chi connectivity index (χ0v) is 16.8. The van der Waals surface area contributed by atoms with Crippen LogP contribution in [0, 0.1) is 0 Å². The van der Waals surface area contributed by atoms with Gasteiger partial charge in [-0.2, -0.15) is 4.31 Å². The van der Waals surface area contributed by atoms with Gasteiger partial charge in [0.05, 0.1) is 10.5 Å². The molecular weight excluding hydrogens is 396 g/mol. The van der Waals surface area contributed by atoms with E-state index >= 15 is 0 Å². The quantitative estimate of drug-likeness (QED) is 0.484. The molecule has 2 aromatic carbocycles. The van der Waals surface area contributed by atoms with E-state index in [1.54, 1.807) is 12.1 Å². The van der Waals surface area contributed by atoms with Gasteiger partial charge in [0.2, 0.25) is 10.0 Å². The van der Waals surface area contributed by atoms with Gasteiger partial charge in [0.25, 0.3) is 5.91 Å². The summed E-state index contributed by atoms with van der Waals surface area (Å²) in [6.45, 7) is 1.85. The van der Waals surface area contributed by atoms with Gasteiger partial charge < -0.3 is 9.84 Å². The van der Waals surface area contributed by atoms with Crippen molar-refractivity contribution >= 4 is 15.9 Å². The fourth-order valence-electron chi connectivity index (χ4n) is 3.30. The van der Waals surface area contributed by atoms with E-state index in [1.165, 1.54) is 24.5 Å². The summed E-state index contributed by atoms with van der Waals surface area (Å²) in [7, 11) is -4.01. The third-order valence-corrected chi connectivity index (χ3v) is 6.87. The van der Waals surface area contributed by atoms with Crippen molar-refractivity contribution in [3.05, 3.63) is 60.2 Å². The molecule has 0 aromatic heterocycles. The van der Waals surface area contributed by atoms with Crippen LogP contribution in [0.25, 0.3) is 0 Å². The van der Waals surface area contributed by atoms with Gasteiger partial charge in [-0.1, -0.05) is 30.3 Å². The molecule has 1 fully saturated rings. The third-order valence-electron chi connectivity index (χ3n) is 4.94. The first kappa shape index (κ1) is 21.3. The Kier molecular flexibility index (Phi) is 6.23. The van der Waals surface area contributed by atoms with E-state index in [4.69, 9.17) is 9.94 Å². The molecule has 0 saturated carbocycles. The third kappa shape index (κ3) is 4.94. The maximum atomic E-state index is 13.1. The summed E-state index contributed by atoms with van der Waals surface area (Å²) in [5.41, 5.74) is 1.28. The normalized spacial score (nSPS) is 22.8. The number of nitrogens with one attached hydrogen (secondary N) is 1. The predicted molar refractivity (Wildman–Crippen MR) is 105 cm³/mol. The molecule has 1 saturated heterocycles. The molecule has 1 amide bonds. The Balaban J connectivity index is 1.76. The number of nitrogens with zero attached hydrogens (tertiary/aromatic N) is 1. The van der Waals surface area contributed by atoms with Gasteiger partial charge in [-0.15, -0.1) is 0 Å². The minimum Gasteiger partial charge on any atom is -0.489 e. The minimum absolute atomic E-state index is 0.00171. The first-order chi connectivity index (χ1) is 13.7. The largest absolute Gasteiger partial charge is 0.489 e. The highest BCUT2D eigenvalue weighted by Gasteiger charge is 2.44. The Morgan fingerprint density at radius 1 is 1.21 bits per heavy atom. The van der Waals surface area contributed by atoms with Gasteiger partial charge in [0.1, 0.15) is 18.4 Å². The van der Waals surface area contributed by atoms with Crippen molar-refractivity contribution in [2.24, 2.45) is 0 Å². The van der Waals surface area contributed by atoms with Crippen LogP contribution in [0.15, 0.2) is 59.5 Å². The lowest BCUT2D eigenvalue weighted by atomic mass is 9.89. The molecular formula is C20H24N2O6S. The zero-order valence-electron chi connectivity index (χ0n) is 16.0. The molecule has 29 heavy (non-hydrogen) atoms. The van der Waals surface area contributed by atoms with Crippen molar-refractivity contribution in [2.45, 2.75) is 42.9 Å². The molecule has 3 rings (SSSR count). The van der Waals surface area contributed by atoms with Crippen molar-refractivity contribution in [2.75, 3.05) is 6.54 Å². The topological polar surface area (TPSA) is 116 Å². The summed E-state index contributed by atoms with van der Waals surface area (Å²) in [6, 6.07) is 14.3. The number of carbonyl (C=O) groups excluding carboxylic acids is 1. The average molecular weight is 420 g/mol. The van der Waals surface area contributed by atoms with Crippen LogP contribution in [-0.4, -0.2) is 47.1 Å². The van der Waals surface area contributed by atoms with Crippen LogP contribution < -0.4 is 10.2 Å². The number of piperidine rings is 1. The molecule has 0 radical (unpaired) electrons. The summed E-state index contributed by atoms with van der Waals surface area (Å²) in [5.74, 6) is -0.365. The molecule has 0 bridgehead atoms. The number of hydrogen-bond donors (Lipinski definition) is 3. The van der Waals surface area contributed by atoms with Crippen LogP contribution in [0.4, 0.5) is 0 Å². The summed E-state index contributed by atoms with van der Waals surface area (Å²) >= 11 is 0. The predicted octanol–water partition coefficient (Wildman–Crippen LogP) is 1.68. The monoisotopic (exact) mass is 420 g/mol. The lowest BCUT2D eigenvalue weighted by Crippen LogP contribution is -2.57. The van der Waals surface area contributed by atoms with E-state index in [2.05, 4.69) is 0 Å². The molecule has 156 valence electrons. The highest BCUT2D eigenvalue weighted by molar-refractivity contribution is 7.89. The Bertz CT molecular complexity index is 945. The molecule has 3 N–H and O–H groups in total.